The maximum absolute atomic E-state index is 13.4. The number of benzene rings is 1. The summed E-state index contributed by atoms with van der Waals surface area (Å²) in [5, 5.41) is 19.1. The molecule has 1 aromatic heterocycles. The number of hydrogen-bond donors (Lipinski definition) is 4. The smallest absolute Gasteiger partial charge is 0.290 e. The molecule has 0 bridgehead atoms. The fourth-order valence-corrected chi connectivity index (χ4v) is 1.81. The van der Waals surface area contributed by atoms with E-state index in [1.807, 2.05) is 0 Å². The summed E-state index contributed by atoms with van der Waals surface area (Å²) in [6, 6.07) is 4.55. The number of nitrogens with one attached hydrogen (secondary N) is 3. The fraction of sp³-hybridized carbons (Fsp3) is 0.286. The van der Waals surface area contributed by atoms with Crippen LogP contribution in [0.3, 0.4) is 0 Å². The van der Waals surface area contributed by atoms with E-state index in [0.29, 0.717) is 24.2 Å². The Hall–Kier alpha value is -2.97. The van der Waals surface area contributed by atoms with Gasteiger partial charge >= 0.3 is 0 Å². The fourth-order valence-electron chi connectivity index (χ4n) is 1.81. The molecule has 9 heteroatoms. The molecule has 2 aromatic rings. The van der Waals surface area contributed by atoms with Crippen molar-refractivity contribution in [3.8, 4) is 0 Å². The van der Waals surface area contributed by atoms with Gasteiger partial charge in [-0.3, -0.25) is 19.5 Å². The zero-order chi connectivity index (χ0) is 17.2. The Morgan fingerprint density at radius 1 is 1.43 bits per heavy atom. The molecular formula is C14H17FN4O4. The number of aromatic amines is 1. The van der Waals surface area contributed by atoms with Crippen LogP contribution in [0.2, 0.25) is 0 Å². The lowest BCUT2D eigenvalue weighted by atomic mass is 10.2. The lowest BCUT2D eigenvalue weighted by Crippen LogP contribution is -2.22. The van der Waals surface area contributed by atoms with Crippen molar-refractivity contribution in [2.75, 3.05) is 11.9 Å². The molecule has 124 valence electrons. The first-order valence-corrected chi connectivity index (χ1v) is 6.74. The van der Waals surface area contributed by atoms with E-state index in [1.54, 1.807) is 12.1 Å². The highest BCUT2D eigenvalue weighted by atomic mass is 19.1. The number of carbonyl (C=O) groups excluding carboxylic acids is 2. The molecule has 0 spiro atoms. The summed E-state index contributed by atoms with van der Waals surface area (Å²) in [6.45, 7) is 1.61. The maximum Gasteiger partial charge on any atom is 0.290 e. The third-order valence-electron chi connectivity index (χ3n) is 2.76. The van der Waals surface area contributed by atoms with Crippen molar-refractivity contribution in [3.63, 3.8) is 0 Å². The Bertz CT molecular complexity index is 686. The van der Waals surface area contributed by atoms with Crippen LogP contribution in [-0.4, -0.2) is 40.1 Å². The van der Waals surface area contributed by atoms with Gasteiger partial charge in [0.2, 0.25) is 11.8 Å². The Labute approximate surface area is 131 Å². The van der Waals surface area contributed by atoms with Crippen LogP contribution in [0.4, 0.5) is 10.2 Å². The molecule has 0 aliphatic heterocycles. The molecule has 2 rings (SSSR count). The molecule has 2 amide bonds. The Balaban J connectivity index is 0.000000816. The molecule has 0 fully saturated rings. The molecule has 1 heterocycles. The summed E-state index contributed by atoms with van der Waals surface area (Å²) < 4.78 is 13.4. The Kier molecular flexibility index (Phi) is 7.18. The van der Waals surface area contributed by atoms with Crippen molar-refractivity contribution in [1.29, 1.82) is 0 Å². The van der Waals surface area contributed by atoms with Gasteiger partial charge in [0.05, 0.1) is 0 Å². The van der Waals surface area contributed by atoms with Crippen molar-refractivity contribution in [2.24, 2.45) is 0 Å². The predicted octanol–water partition coefficient (Wildman–Crippen LogP) is 1.26. The van der Waals surface area contributed by atoms with E-state index in [-0.39, 0.29) is 30.2 Å². The molecule has 0 radical (unpaired) electrons. The molecule has 0 aliphatic carbocycles. The van der Waals surface area contributed by atoms with E-state index in [4.69, 9.17) is 9.90 Å². The predicted molar refractivity (Wildman–Crippen MR) is 81.3 cm³/mol. The molecule has 23 heavy (non-hydrogen) atoms. The number of nitrogens with zero attached hydrogens (tertiary/aromatic N) is 1. The van der Waals surface area contributed by atoms with Gasteiger partial charge in [0.25, 0.3) is 6.47 Å². The minimum absolute atomic E-state index is 0.126. The van der Waals surface area contributed by atoms with Gasteiger partial charge in [-0.05, 0) is 18.6 Å². The van der Waals surface area contributed by atoms with E-state index >= 15 is 0 Å². The van der Waals surface area contributed by atoms with E-state index in [0.717, 1.165) is 0 Å². The van der Waals surface area contributed by atoms with Crippen LogP contribution in [0.1, 0.15) is 19.8 Å². The second-order valence-electron chi connectivity index (χ2n) is 4.47. The average molecular weight is 324 g/mol. The number of carbonyl (C=O) groups is 3. The quantitative estimate of drug-likeness (QED) is 0.487. The number of hydrogen-bond acceptors (Lipinski definition) is 4. The van der Waals surface area contributed by atoms with Crippen LogP contribution in [0.25, 0.3) is 10.9 Å². The zero-order valence-corrected chi connectivity index (χ0v) is 12.4. The summed E-state index contributed by atoms with van der Waals surface area (Å²) in [5.41, 5.74) is 0.265. The Morgan fingerprint density at radius 3 is 2.78 bits per heavy atom. The van der Waals surface area contributed by atoms with E-state index < -0.39 is 5.82 Å². The van der Waals surface area contributed by atoms with E-state index in [9.17, 15) is 14.0 Å². The Morgan fingerprint density at radius 2 is 2.13 bits per heavy atom. The lowest BCUT2D eigenvalue weighted by molar-refractivity contribution is -0.123. The van der Waals surface area contributed by atoms with Crippen molar-refractivity contribution >= 4 is 35.0 Å². The van der Waals surface area contributed by atoms with Crippen molar-refractivity contribution in [1.82, 2.24) is 15.5 Å². The molecule has 0 saturated heterocycles. The molecule has 8 nitrogen and oxygen atoms in total. The highest BCUT2D eigenvalue weighted by molar-refractivity contribution is 5.99. The van der Waals surface area contributed by atoms with Gasteiger partial charge in [-0.2, -0.15) is 5.10 Å². The number of amides is 2. The molecule has 4 N–H and O–H groups in total. The van der Waals surface area contributed by atoms with Crippen LogP contribution in [0.5, 0.6) is 0 Å². The van der Waals surface area contributed by atoms with Crippen LogP contribution in [0, 0.1) is 5.82 Å². The number of halogens is 1. The number of rotatable bonds is 5. The summed E-state index contributed by atoms with van der Waals surface area (Å²) >= 11 is 0. The number of para-hydroxylation sites is 1. The summed E-state index contributed by atoms with van der Waals surface area (Å²) in [7, 11) is 0. The zero-order valence-electron chi connectivity index (χ0n) is 12.4. The normalized spacial score (nSPS) is 9.65. The number of carboxylic acid groups (broad SMARTS) is 1. The summed E-state index contributed by atoms with van der Waals surface area (Å²) in [4.78, 5) is 30.7. The summed E-state index contributed by atoms with van der Waals surface area (Å²) in [5.74, 6) is -0.461. The average Bonchev–Trinajstić information content (AvgIpc) is 2.89. The lowest BCUT2D eigenvalue weighted by Gasteiger charge is -2.03. The molecule has 1 aromatic carbocycles. The van der Waals surface area contributed by atoms with Crippen LogP contribution >= 0.6 is 0 Å². The third-order valence-corrected chi connectivity index (χ3v) is 2.76. The number of H-pyrrole nitrogens is 1. The standard InChI is InChI=1S/C13H15FN4O2.CH2O2/c1-8(19)15-7-3-6-11(20)16-13-9-4-2-5-10(14)12(9)17-18-13;2-1-3/h2,4-5H,3,6-7H2,1H3,(H,15,19)(H2,16,17,18,20);1H,(H,2,3). The molecular weight excluding hydrogens is 307 g/mol. The first-order chi connectivity index (χ1) is 11.0. The van der Waals surface area contributed by atoms with Crippen LogP contribution < -0.4 is 10.6 Å². The monoisotopic (exact) mass is 324 g/mol. The third kappa shape index (κ3) is 5.73. The molecule has 0 aliphatic rings. The number of anilines is 1. The number of fused-ring (bicyclic) bond motifs is 1. The first kappa shape index (κ1) is 18.1. The van der Waals surface area contributed by atoms with Gasteiger partial charge in [-0.15, -0.1) is 0 Å². The highest BCUT2D eigenvalue weighted by Gasteiger charge is 2.11. The first-order valence-electron chi connectivity index (χ1n) is 6.74. The maximum atomic E-state index is 13.4. The second-order valence-corrected chi connectivity index (χ2v) is 4.47. The molecule has 0 saturated carbocycles. The number of aromatic nitrogens is 2. The topological polar surface area (TPSA) is 124 Å². The van der Waals surface area contributed by atoms with Gasteiger partial charge in [-0.25, -0.2) is 4.39 Å². The minimum Gasteiger partial charge on any atom is -0.483 e. The van der Waals surface area contributed by atoms with E-state index in [1.165, 1.54) is 13.0 Å². The van der Waals surface area contributed by atoms with Gasteiger partial charge in [0.1, 0.15) is 11.3 Å². The van der Waals surface area contributed by atoms with E-state index in [2.05, 4.69) is 20.8 Å². The largest absolute Gasteiger partial charge is 0.483 e. The van der Waals surface area contributed by atoms with Crippen molar-refractivity contribution < 1.29 is 23.9 Å². The van der Waals surface area contributed by atoms with Crippen molar-refractivity contribution in [2.45, 2.75) is 19.8 Å². The van der Waals surface area contributed by atoms with Gasteiger partial charge in [-0.1, -0.05) is 6.07 Å². The second kappa shape index (κ2) is 9.13. The van der Waals surface area contributed by atoms with Crippen LogP contribution in [0.15, 0.2) is 18.2 Å². The highest BCUT2D eigenvalue weighted by Crippen LogP contribution is 2.22. The van der Waals surface area contributed by atoms with Gasteiger partial charge in [0, 0.05) is 25.3 Å². The molecule has 0 atom stereocenters. The van der Waals surface area contributed by atoms with Gasteiger partial charge < -0.3 is 15.7 Å². The van der Waals surface area contributed by atoms with Crippen molar-refractivity contribution in [3.05, 3.63) is 24.0 Å². The minimum atomic E-state index is -0.416. The summed E-state index contributed by atoms with van der Waals surface area (Å²) in [6.07, 6.45) is 0.784. The SMILES string of the molecule is CC(=O)NCCCC(=O)Nc1n[nH]c2c(F)cccc12.O=CO. The van der Waals surface area contributed by atoms with Gasteiger partial charge in [0.15, 0.2) is 5.82 Å². The molecule has 0 unspecified atom stereocenters. The van der Waals surface area contributed by atoms with Crippen LogP contribution in [-0.2, 0) is 14.4 Å².